The van der Waals surface area contributed by atoms with Crippen LogP contribution in [0.15, 0.2) is 22.7 Å². The molecule has 1 atom stereocenters. The molecule has 1 aromatic heterocycles. The Morgan fingerprint density at radius 1 is 1.38 bits per heavy atom. The van der Waals surface area contributed by atoms with Crippen molar-refractivity contribution in [3.63, 3.8) is 0 Å². The zero-order valence-corrected chi connectivity index (χ0v) is 14.7. The first-order chi connectivity index (χ1) is 11.5. The molecule has 0 aliphatic rings. The largest absolute Gasteiger partial charge is 0.376 e. The van der Waals surface area contributed by atoms with Gasteiger partial charge in [0, 0.05) is 12.6 Å². The topological polar surface area (TPSA) is 104 Å². The molecule has 1 heterocycles. The predicted octanol–water partition coefficient (Wildman–Crippen LogP) is 2.87. The Hall–Kier alpha value is -2.88. The number of carbonyl (C=O) groups is 1. The first-order valence-corrected chi connectivity index (χ1v) is 7.84. The molecule has 2 rings (SSSR count). The molecular weight excluding hydrogens is 306 g/mol. The van der Waals surface area contributed by atoms with Crippen LogP contribution in [-0.4, -0.2) is 22.6 Å². The van der Waals surface area contributed by atoms with Crippen LogP contribution in [0, 0.1) is 25.2 Å². The SMILES string of the molecule is CC.Cc1nc(C(C)NC(=O)CNc2ccc(C#N)cc2C)no1. The summed E-state index contributed by atoms with van der Waals surface area (Å²) in [6, 6.07) is 7.01. The summed E-state index contributed by atoms with van der Waals surface area (Å²) in [5.41, 5.74) is 2.32. The third-order valence-electron chi connectivity index (χ3n) is 3.10. The molecule has 7 nitrogen and oxygen atoms in total. The fraction of sp³-hybridized carbons (Fsp3) is 0.412. The number of nitrogens with one attached hydrogen (secondary N) is 2. The van der Waals surface area contributed by atoms with E-state index < -0.39 is 0 Å². The minimum atomic E-state index is -0.325. The Balaban J connectivity index is 0.00000139. The van der Waals surface area contributed by atoms with E-state index in [2.05, 4.69) is 26.8 Å². The average molecular weight is 329 g/mol. The van der Waals surface area contributed by atoms with Gasteiger partial charge in [-0.15, -0.1) is 0 Å². The summed E-state index contributed by atoms with van der Waals surface area (Å²) in [7, 11) is 0. The van der Waals surface area contributed by atoms with Crippen LogP contribution in [0.3, 0.4) is 0 Å². The summed E-state index contributed by atoms with van der Waals surface area (Å²) < 4.78 is 4.88. The molecule has 0 bridgehead atoms. The van der Waals surface area contributed by atoms with Crippen molar-refractivity contribution in [3.8, 4) is 6.07 Å². The van der Waals surface area contributed by atoms with E-state index in [0.717, 1.165) is 11.3 Å². The highest BCUT2D eigenvalue weighted by atomic mass is 16.5. The quantitative estimate of drug-likeness (QED) is 0.874. The molecule has 7 heteroatoms. The summed E-state index contributed by atoms with van der Waals surface area (Å²) in [5, 5.41) is 18.4. The van der Waals surface area contributed by atoms with E-state index in [1.54, 1.807) is 32.0 Å². The summed E-state index contributed by atoms with van der Waals surface area (Å²) in [6.45, 7) is 9.48. The number of nitriles is 1. The lowest BCUT2D eigenvalue weighted by Crippen LogP contribution is -2.32. The van der Waals surface area contributed by atoms with Crippen LogP contribution < -0.4 is 10.6 Å². The number of aromatic nitrogens is 2. The first-order valence-electron chi connectivity index (χ1n) is 7.84. The molecule has 0 saturated heterocycles. The first kappa shape index (κ1) is 19.2. The number of hydrogen-bond donors (Lipinski definition) is 2. The van der Waals surface area contributed by atoms with Gasteiger partial charge in [-0.05, 0) is 37.6 Å². The number of benzene rings is 1. The van der Waals surface area contributed by atoms with E-state index in [0.29, 0.717) is 17.3 Å². The molecule has 1 amide bonds. The summed E-state index contributed by atoms with van der Waals surface area (Å²) in [6.07, 6.45) is 0. The molecule has 0 radical (unpaired) electrons. The Kier molecular flexibility index (Phi) is 7.43. The van der Waals surface area contributed by atoms with Gasteiger partial charge in [0.2, 0.25) is 11.8 Å². The summed E-state index contributed by atoms with van der Waals surface area (Å²) in [4.78, 5) is 16.0. The van der Waals surface area contributed by atoms with Gasteiger partial charge in [0.05, 0.1) is 24.2 Å². The van der Waals surface area contributed by atoms with Gasteiger partial charge < -0.3 is 15.2 Å². The molecule has 0 aliphatic heterocycles. The number of carbonyl (C=O) groups excluding carboxylic acids is 1. The monoisotopic (exact) mass is 329 g/mol. The maximum Gasteiger partial charge on any atom is 0.239 e. The van der Waals surface area contributed by atoms with Crippen LogP contribution in [0.1, 0.15) is 49.7 Å². The lowest BCUT2D eigenvalue weighted by molar-refractivity contribution is -0.120. The Bertz CT molecular complexity index is 718. The van der Waals surface area contributed by atoms with E-state index in [9.17, 15) is 4.79 Å². The smallest absolute Gasteiger partial charge is 0.239 e. The van der Waals surface area contributed by atoms with Crippen LogP contribution in [0.25, 0.3) is 0 Å². The third kappa shape index (κ3) is 5.39. The molecule has 0 saturated carbocycles. The predicted molar refractivity (Wildman–Crippen MR) is 91.3 cm³/mol. The van der Waals surface area contributed by atoms with Gasteiger partial charge >= 0.3 is 0 Å². The zero-order chi connectivity index (χ0) is 18.1. The second-order valence-electron chi connectivity index (χ2n) is 4.96. The van der Waals surface area contributed by atoms with Crippen molar-refractivity contribution in [3.05, 3.63) is 41.0 Å². The van der Waals surface area contributed by atoms with Crippen LogP contribution >= 0.6 is 0 Å². The van der Waals surface area contributed by atoms with Crippen molar-refractivity contribution in [2.45, 2.75) is 40.7 Å². The standard InChI is InChI=1S/C15H17N5O2.C2H6/c1-9-6-12(7-16)4-5-13(9)17-8-14(21)18-10(2)15-19-11(3)22-20-15;1-2/h4-6,10,17H,8H2,1-3H3,(H,18,21);1-2H3. The van der Waals surface area contributed by atoms with Gasteiger partial charge in [0.15, 0.2) is 5.82 Å². The van der Waals surface area contributed by atoms with E-state index in [-0.39, 0.29) is 18.5 Å². The fourth-order valence-electron chi connectivity index (χ4n) is 1.95. The minimum Gasteiger partial charge on any atom is -0.376 e. The van der Waals surface area contributed by atoms with E-state index in [4.69, 9.17) is 9.78 Å². The van der Waals surface area contributed by atoms with E-state index >= 15 is 0 Å². The molecule has 2 aromatic rings. The molecule has 2 N–H and O–H groups in total. The second-order valence-corrected chi connectivity index (χ2v) is 4.96. The maximum atomic E-state index is 11.9. The van der Waals surface area contributed by atoms with Crippen LogP contribution in [0.5, 0.6) is 0 Å². The second kappa shape index (κ2) is 9.30. The lowest BCUT2D eigenvalue weighted by Gasteiger charge is -2.12. The highest BCUT2D eigenvalue weighted by molar-refractivity contribution is 5.81. The van der Waals surface area contributed by atoms with Crippen molar-refractivity contribution >= 4 is 11.6 Å². The molecule has 1 aromatic carbocycles. The Morgan fingerprint density at radius 3 is 2.62 bits per heavy atom. The minimum absolute atomic E-state index is 0.119. The van der Waals surface area contributed by atoms with Crippen molar-refractivity contribution < 1.29 is 9.32 Å². The molecule has 0 spiro atoms. The molecule has 24 heavy (non-hydrogen) atoms. The Morgan fingerprint density at radius 2 is 2.08 bits per heavy atom. The maximum absolute atomic E-state index is 11.9. The third-order valence-corrected chi connectivity index (χ3v) is 3.10. The molecule has 1 unspecified atom stereocenters. The zero-order valence-electron chi connectivity index (χ0n) is 14.7. The van der Waals surface area contributed by atoms with Gasteiger partial charge in [-0.25, -0.2) is 0 Å². The highest BCUT2D eigenvalue weighted by Gasteiger charge is 2.14. The van der Waals surface area contributed by atoms with Crippen LogP contribution in [-0.2, 0) is 4.79 Å². The number of aryl methyl sites for hydroxylation is 2. The molecule has 0 fully saturated rings. The van der Waals surface area contributed by atoms with Crippen molar-refractivity contribution in [1.82, 2.24) is 15.5 Å². The molecule has 128 valence electrons. The summed E-state index contributed by atoms with van der Waals surface area (Å²) in [5.74, 6) is 0.724. The summed E-state index contributed by atoms with van der Waals surface area (Å²) >= 11 is 0. The average Bonchev–Trinajstić information content (AvgIpc) is 3.02. The highest BCUT2D eigenvalue weighted by Crippen LogP contribution is 2.15. The van der Waals surface area contributed by atoms with E-state index in [1.165, 1.54) is 0 Å². The van der Waals surface area contributed by atoms with Gasteiger partial charge in [0.25, 0.3) is 0 Å². The number of amides is 1. The van der Waals surface area contributed by atoms with Gasteiger partial charge in [0.1, 0.15) is 0 Å². The number of rotatable bonds is 5. The van der Waals surface area contributed by atoms with Crippen LogP contribution in [0.4, 0.5) is 5.69 Å². The number of nitrogens with zero attached hydrogens (tertiary/aromatic N) is 3. The van der Waals surface area contributed by atoms with Gasteiger partial charge in [-0.2, -0.15) is 10.2 Å². The van der Waals surface area contributed by atoms with E-state index in [1.807, 2.05) is 20.8 Å². The van der Waals surface area contributed by atoms with Gasteiger partial charge in [-0.3, -0.25) is 4.79 Å². The molecule has 0 aliphatic carbocycles. The number of anilines is 1. The number of hydrogen-bond acceptors (Lipinski definition) is 6. The van der Waals surface area contributed by atoms with Gasteiger partial charge in [-0.1, -0.05) is 19.0 Å². The fourth-order valence-corrected chi connectivity index (χ4v) is 1.95. The van der Waals surface area contributed by atoms with Crippen LogP contribution in [0.2, 0.25) is 0 Å². The van der Waals surface area contributed by atoms with Crippen molar-refractivity contribution in [2.24, 2.45) is 0 Å². The van der Waals surface area contributed by atoms with Crippen molar-refractivity contribution in [2.75, 3.05) is 11.9 Å². The van der Waals surface area contributed by atoms with Crippen molar-refractivity contribution in [1.29, 1.82) is 5.26 Å². The Labute approximate surface area is 142 Å². The molecular formula is C17H23N5O2. The normalized spacial score (nSPS) is 10.8. The lowest BCUT2D eigenvalue weighted by atomic mass is 10.1.